The maximum Gasteiger partial charge on any atom is 0.337 e. The fraction of sp³-hybridized carbons (Fsp3) is 0.333. The lowest BCUT2D eigenvalue weighted by molar-refractivity contribution is 0.0698. The van der Waals surface area contributed by atoms with Crippen molar-refractivity contribution in [2.24, 2.45) is 0 Å². The van der Waals surface area contributed by atoms with Crippen LogP contribution in [0.1, 0.15) is 16.8 Å². The molecule has 0 radical (unpaired) electrons. The van der Waals surface area contributed by atoms with Crippen LogP contribution in [0.25, 0.3) is 0 Å². The van der Waals surface area contributed by atoms with Crippen molar-refractivity contribution in [1.29, 1.82) is 0 Å². The van der Waals surface area contributed by atoms with Gasteiger partial charge in [0.05, 0.1) is 16.3 Å². The predicted octanol–water partition coefficient (Wildman–Crippen LogP) is 3.32. The van der Waals surface area contributed by atoms with E-state index in [1.54, 1.807) is 11.8 Å². The van der Waals surface area contributed by atoms with E-state index < -0.39 is 12.0 Å². The van der Waals surface area contributed by atoms with Gasteiger partial charge in [0.1, 0.15) is 0 Å². The number of carboxylic acids is 1. The molecule has 0 aliphatic carbocycles. The Hall–Kier alpha value is -1.11. The van der Waals surface area contributed by atoms with Gasteiger partial charge in [-0.05, 0) is 24.3 Å². The number of thioether (sulfide) groups is 1. The van der Waals surface area contributed by atoms with E-state index >= 15 is 0 Å². The second-order valence-corrected chi connectivity index (χ2v) is 6.27. The summed E-state index contributed by atoms with van der Waals surface area (Å²) >= 11 is 13.5. The molecule has 0 saturated carbocycles. The average Bonchev–Trinajstić information content (AvgIpc) is 2.84. The molecule has 1 unspecified atom stereocenters. The van der Waals surface area contributed by atoms with E-state index in [2.05, 4.69) is 10.6 Å². The van der Waals surface area contributed by atoms with E-state index in [0.29, 0.717) is 0 Å². The Morgan fingerprint density at radius 1 is 1.35 bits per heavy atom. The Bertz CT molecular complexity index is 548. The number of amides is 2. The summed E-state index contributed by atoms with van der Waals surface area (Å²) in [6.45, 7) is 0. The number of nitrogens with one attached hydrogen (secondary N) is 2. The number of hydrogen-bond donors (Lipinski definition) is 3. The van der Waals surface area contributed by atoms with Crippen molar-refractivity contribution in [3.63, 3.8) is 0 Å². The molecule has 1 aliphatic heterocycles. The van der Waals surface area contributed by atoms with Crippen LogP contribution in [-0.2, 0) is 0 Å². The number of rotatable bonds is 3. The molecular formula is C12H12Cl2N2O3S. The van der Waals surface area contributed by atoms with Crippen molar-refractivity contribution in [2.75, 3.05) is 16.8 Å². The third kappa shape index (κ3) is 3.71. The molecule has 1 aliphatic rings. The quantitative estimate of drug-likeness (QED) is 0.792. The summed E-state index contributed by atoms with van der Waals surface area (Å²) in [6, 6.07) is 2.26. The monoisotopic (exact) mass is 334 g/mol. The van der Waals surface area contributed by atoms with E-state index in [1.165, 1.54) is 12.1 Å². The van der Waals surface area contributed by atoms with Crippen molar-refractivity contribution in [3.8, 4) is 0 Å². The zero-order valence-electron chi connectivity index (χ0n) is 10.3. The molecule has 108 valence electrons. The number of carbonyl (C=O) groups is 2. The Balaban J connectivity index is 2.15. The minimum atomic E-state index is -1.21. The molecule has 2 rings (SSSR count). The van der Waals surface area contributed by atoms with Crippen LogP contribution in [-0.4, -0.2) is 34.7 Å². The average molecular weight is 335 g/mol. The number of urea groups is 1. The fourth-order valence-corrected chi connectivity index (χ4v) is 3.55. The highest BCUT2D eigenvalue weighted by molar-refractivity contribution is 7.99. The number of anilines is 1. The second kappa shape index (κ2) is 6.56. The van der Waals surface area contributed by atoms with Crippen LogP contribution < -0.4 is 10.6 Å². The lowest BCUT2D eigenvalue weighted by Gasteiger charge is -2.15. The van der Waals surface area contributed by atoms with Gasteiger partial charge in [0.2, 0.25) is 0 Å². The molecule has 1 fully saturated rings. The molecule has 0 aromatic heterocycles. The van der Waals surface area contributed by atoms with Gasteiger partial charge in [-0.3, -0.25) is 0 Å². The van der Waals surface area contributed by atoms with Gasteiger partial charge >= 0.3 is 12.0 Å². The van der Waals surface area contributed by atoms with Crippen molar-refractivity contribution in [2.45, 2.75) is 12.5 Å². The number of halogens is 2. The van der Waals surface area contributed by atoms with Gasteiger partial charge in [-0.2, -0.15) is 11.8 Å². The highest BCUT2D eigenvalue weighted by atomic mass is 35.5. The first-order valence-corrected chi connectivity index (χ1v) is 7.76. The van der Waals surface area contributed by atoms with E-state index in [0.717, 1.165) is 17.9 Å². The van der Waals surface area contributed by atoms with Crippen molar-refractivity contribution in [3.05, 3.63) is 27.7 Å². The van der Waals surface area contributed by atoms with E-state index in [-0.39, 0.29) is 27.3 Å². The Morgan fingerprint density at radius 2 is 2.10 bits per heavy atom. The summed E-state index contributed by atoms with van der Waals surface area (Å²) in [5.41, 5.74) is -0.0924. The van der Waals surface area contributed by atoms with Gasteiger partial charge < -0.3 is 15.7 Å². The van der Waals surface area contributed by atoms with Crippen molar-refractivity contribution in [1.82, 2.24) is 5.32 Å². The topological polar surface area (TPSA) is 78.4 Å². The molecule has 5 nitrogen and oxygen atoms in total. The lowest BCUT2D eigenvalue weighted by Crippen LogP contribution is -2.38. The number of benzene rings is 1. The molecule has 3 N–H and O–H groups in total. The van der Waals surface area contributed by atoms with Gasteiger partial charge in [-0.1, -0.05) is 23.2 Å². The van der Waals surface area contributed by atoms with Crippen LogP contribution in [0.3, 0.4) is 0 Å². The number of aromatic carboxylic acids is 1. The molecule has 1 heterocycles. The molecule has 8 heteroatoms. The Morgan fingerprint density at radius 3 is 2.70 bits per heavy atom. The number of carbonyl (C=O) groups excluding carboxylic acids is 1. The van der Waals surface area contributed by atoms with Gasteiger partial charge in [0, 0.05) is 16.8 Å². The molecule has 1 aromatic rings. The van der Waals surface area contributed by atoms with Crippen molar-refractivity contribution < 1.29 is 14.7 Å². The third-order valence-corrected chi connectivity index (χ3v) is 4.47. The molecule has 0 bridgehead atoms. The predicted molar refractivity (Wildman–Crippen MR) is 81.3 cm³/mol. The van der Waals surface area contributed by atoms with Crippen molar-refractivity contribution >= 4 is 52.7 Å². The molecule has 0 spiro atoms. The Labute approximate surface area is 130 Å². The first kappa shape index (κ1) is 15.3. The van der Waals surface area contributed by atoms with E-state index in [1.807, 2.05) is 0 Å². The highest BCUT2D eigenvalue weighted by Gasteiger charge is 2.20. The van der Waals surface area contributed by atoms with Crippen LogP contribution in [0.5, 0.6) is 0 Å². The van der Waals surface area contributed by atoms with Gasteiger partial charge in [-0.15, -0.1) is 0 Å². The minimum Gasteiger partial charge on any atom is -0.478 e. The molecule has 2 amide bonds. The summed E-state index contributed by atoms with van der Waals surface area (Å²) in [5, 5.41) is 14.7. The van der Waals surface area contributed by atoms with Crippen LogP contribution in [0, 0.1) is 0 Å². The first-order valence-electron chi connectivity index (χ1n) is 5.85. The first-order chi connectivity index (χ1) is 9.47. The van der Waals surface area contributed by atoms with Crippen LogP contribution in [0.2, 0.25) is 10.0 Å². The normalized spacial score (nSPS) is 17.8. The van der Waals surface area contributed by atoms with E-state index in [9.17, 15) is 9.59 Å². The van der Waals surface area contributed by atoms with Crippen LogP contribution in [0.4, 0.5) is 10.5 Å². The van der Waals surface area contributed by atoms with Crippen LogP contribution in [0.15, 0.2) is 12.1 Å². The largest absolute Gasteiger partial charge is 0.478 e. The zero-order valence-corrected chi connectivity index (χ0v) is 12.6. The summed E-state index contributed by atoms with van der Waals surface area (Å²) in [4.78, 5) is 23.0. The molecule has 1 saturated heterocycles. The SMILES string of the molecule is O=C(Nc1c(Cl)cc(Cl)cc1C(=O)O)NC1CCSC1. The van der Waals surface area contributed by atoms with Crippen LogP contribution >= 0.6 is 35.0 Å². The summed E-state index contributed by atoms with van der Waals surface area (Å²) < 4.78 is 0. The van der Waals surface area contributed by atoms with Gasteiger partial charge in [0.15, 0.2) is 0 Å². The highest BCUT2D eigenvalue weighted by Crippen LogP contribution is 2.30. The van der Waals surface area contributed by atoms with E-state index in [4.69, 9.17) is 28.3 Å². The molecule has 20 heavy (non-hydrogen) atoms. The fourth-order valence-electron chi connectivity index (χ4n) is 1.85. The molecule has 1 atom stereocenters. The summed E-state index contributed by atoms with van der Waals surface area (Å²) in [7, 11) is 0. The maximum absolute atomic E-state index is 11.9. The third-order valence-electron chi connectivity index (χ3n) is 2.79. The van der Waals surface area contributed by atoms with Gasteiger partial charge in [-0.25, -0.2) is 9.59 Å². The summed E-state index contributed by atoms with van der Waals surface area (Å²) in [6.07, 6.45) is 0.901. The number of carboxylic acid groups (broad SMARTS) is 1. The zero-order chi connectivity index (χ0) is 14.7. The molecule has 1 aromatic carbocycles. The molecular weight excluding hydrogens is 323 g/mol. The lowest BCUT2D eigenvalue weighted by atomic mass is 10.2. The maximum atomic E-state index is 11.9. The Kier molecular flexibility index (Phi) is 5.01. The minimum absolute atomic E-state index is 0.0479. The summed E-state index contributed by atoms with van der Waals surface area (Å²) in [5.74, 6) is 0.654. The number of hydrogen-bond acceptors (Lipinski definition) is 3. The second-order valence-electron chi connectivity index (χ2n) is 4.27. The standard InChI is InChI=1S/C12H12Cl2N2O3S/c13-6-3-8(11(17)18)10(9(14)4-6)16-12(19)15-7-1-2-20-5-7/h3-4,7H,1-2,5H2,(H,17,18)(H2,15,16,19). The van der Waals surface area contributed by atoms with Gasteiger partial charge in [0.25, 0.3) is 0 Å². The smallest absolute Gasteiger partial charge is 0.337 e.